The van der Waals surface area contributed by atoms with Gasteiger partial charge in [-0.3, -0.25) is 0 Å². The number of fused-ring (bicyclic) bond motifs is 1. The van der Waals surface area contributed by atoms with Crippen LogP contribution in [0.4, 0.5) is 4.39 Å². The Kier molecular flexibility index (Phi) is 3.29. The molecule has 2 aromatic carbocycles. The van der Waals surface area contributed by atoms with E-state index in [-0.39, 0.29) is 10.7 Å². The molecule has 0 aliphatic heterocycles. The normalized spacial score (nSPS) is 11.9. The van der Waals surface area contributed by atoms with Gasteiger partial charge in [0.05, 0.1) is 14.1 Å². The molecule has 0 atom stereocenters. The second-order valence-electron chi connectivity index (χ2n) is 4.25. The third-order valence-electron chi connectivity index (χ3n) is 2.96. The molecule has 6 heteroatoms. The lowest BCUT2D eigenvalue weighted by molar-refractivity contribution is 0.588. The lowest BCUT2D eigenvalue weighted by atomic mass is 10.2. The molecule has 1 aromatic heterocycles. The first kappa shape index (κ1) is 13.6. The van der Waals surface area contributed by atoms with Crippen molar-refractivity contribution in [2.45, 2.75) is 4.90 Å². The van der Waals surface area contributed by atoms with E-state index in [1.54, 1.807) is 36.4 Å². The standard InChI is InChI=1S/C14H9FINO2S/c15-11-6-7-13-10(8-11)9-14(16)17(13)20(18,19)12-4-2-1-3-5-12/h1-9H. The number of aromatic nitrogens is 1. The Morgan fingerprint density at radius 3 is 2.40 bits per heavy atom. The maximum atomic E-state index is 13.2. The van der Waals surface area contributed by atoms with Crippen LogP contribution in [0.25, 0.3) is 10.9 Å². The Hall–Kier alpha value is -1.41. The van der Waals surface area contributed by atoms with Crippen molar-refractivity contribution in [2.75, 3.05) is 0 Å². The van der Waals surface area contributed by atoms with Crippen molar-refractivity contribution in [3.05, 3.63) is 64.1 Å². The Morgan fingerprint density at radius 2 is 1.70 bits per heavy atom. The van der Waals surface area contributed by atoms with Gasteiger partial charge >= 0.3 is 0 Å². The minimum atomic E-state index is -3.68. The van der Waals surface area contributed by atoms with Gasteiger partial charge in [-0.15, -0.1) is 0 Å². The highest BCUT2D eigenvalue weighted by Gasteiger charge is 2.21. The first-order valence-corrected chi connectivity index (χ1v) is 8.29. The van der Waals surface area contributed by atoms with E-state index in [0.717, 1.165) is 0 Å². The van der Waals surface area contributed by atoms with Gasteiger partial charge in [0.25, 0.3) is 10.0 Å². The van der Waals surface area contributed by atoms with Crippen LogP contribution in [-0.4, -0.2) is 12.4 Å². The number of halogens is 2. The van der Waals surface area contributed by atoms with Crippen LogP contribution in [0.2, 0.25) is 0 Å². The molecule has 1 heterocycles. The third kappa shape index (κ3) is 2.12. The van der Waals surface area contributed by atoms with E-state index in [0.29, 0.717) is 14.6 Å². The van der Waals surface area contributed by atoms with E-state index in [9.17, 15) is 12.8 Å². The predicted octanol–water partition coefficient (Wildman–Crippen LogP) is 3.62. The summed E-state index contributed by atoms with van der Waals surface area (Å²) in [6.07, 6.45) is 0. The SMILES string of the molecule is O=S(=O)(c1ccccc1)n1c(I)cc2cc(F)ccc21. The van der Waals surface area contributed by atoms with Crippen molar-refractivity contribution < 1.29 is 12.8 Å². The number of hydrogen-bond donors (Lipinski definition) is 0. The molecule has 0 aliphatic carbocycles. The van der Waals surface area contributed by atoms with Crippen molar-refractivity contribution in [2.24, 2.45) is 0 Å². The summed E-state index contributed by atoms with van der Waals surface area (Å²) < 4.78 is 40.3. The lowest BCUT2D eigenvalue weighted by Crippen LogP contribution is -2.14. The molecular weight excluding hydrogens is 392 g/mol. The predicted molar refractivity (Wildman–Crippen MR) is 83.6 cm³/mol. The molecule has 0 aliphatic rings. The minimum absolute atomic E-state index is 0.208. The Balaban J connectivity index is 2.32. The van der Waals surface area contributed by atoms with Gasteiger partial charge in [-0.1, -0.05) is 18.2 Å². The first-order chi connectivity index (χ1) is 9.50. The molecule has 20 heavy (non-hydrogen) atoms. The van der Waals surface area contributed by atoms with Crippen LogP contribution in [0.1, 0.15) is 0 Å². The third-order valence-corrected chi connectivity index (χ3v) is 5.82. The van der Waals surface area contributed by atoms with E-state index in [2.05, 4.69) is 0 Å². The zero-order valence-corrected chi connectivity index (χ0v) is 13.1. The van der Waals surface area contributed by atoms with E-state index in [1.807, 2.05) is 22.6 Å². The Labute approximate surface area is 129 Å². The van der Waals surface area contributed by atoms with Crippen LogP contribution in [0, 0.1) is 9.52 Å². The smallest absolute Gasteiger partial charge is 0.228 e. The highest BCUT2D eigenvalue weighted by molar-refractivity contribution is 14.1. The fraction of sp³-hybridized carbons (Fsp3) is 0. The van der Waals surface area contributed by atoms with Gasteiger partial charge in [0.2, 0.25) is 0 Å². The van der Waals surface area contributed by atoms with Gasteiger partial charge < -0.3 is 0 Å². The van der Waals surface area contributed by atoms with Crippen molar-refractivity contribution in [1.29, 1.82) is 0 Å². The summed E-state index contributed by atoms with van der Waals surface area (Å²) in [6, 6.07) is 13.9. The summed E-state index contributed by atoms with van der Waals surface area (Å²) >= 11 is 1.94. The Bertz CT molecular complexity index is 888. The topological polar surface area (TPSA) is 39.1 Å². The van der Waals surface area contributed by atoms with Crippen LogP contribution < -0.4 is 0 Å². The molecule has 0 bridgehead atoms. The number of benzene rings is 2. The molecule has 0 amide bonds. The summed E-state index contributed by atoms with van der Waals surface area (Å²) in [7, 11) is -3.68. The molecule has 102 valence electrons. The fourth-order valence-electron chi connectivity index (χ4n) is 2.07. The molecule has 0 spiro atoms. The van der Waals surface area contributed by atoms with Crippen LogP contribution in [0.3, 0.4) is 0 Å². The highest BCUT2D eigenvalue weighted by Crippen LogP contribution is 2.27. The average molecular weight is 401 g/mol. The van der Waals surface area contributed by atoms with Gasteiger partial charge in [-0.05, 0) is 59.0 Å². The molecule has 3 aromatic rings. The summed E-state index contributed by atoms with van der Waals surface area (Å²) in [5, 5.41) is 0.564. The first-order valence-electron chi connectivity index (χ1n) is 5.77. The quantitative estimate of drug-likeness (QED) is 0.616. The fourth-order valence-corrected chi connectivity index (χ4v) is 4.86. The Morgan fingerprint density at radius 1 is 1.00 bits per heavy atom. The second kappa shape index (κ2) is 4.85. The number of nitrogens with zero attached hydrogens (tertiary/aromatic N) is 1. The number of rotatable bonds is 2. The largest absolute Gasteiger partial charge is 0.269 e. The molecule has 0 N–H and O–H groups in total. The molecule has 3 rings (SSSR count). The highest BCUT2D eigenvalue weighted by atomic mass is 127. The summed E-state index contributed by atoms with van der Waals surface area (Å²) in [5.74, 6) is -0.386. The van der Waals surface area contributed by atoms with Gasteiger partial charge in [0, 0.05) is 5.39 Å². The molecule has 0 saturated carbocycles. The van der Waals surface area contributed by atoms with E-state index < -0.39 is 10.0 Å². The molecule has 0 fully saturated rings. The lowest BCUT2D eigenvalue weighted by Gasteiger charge is -2.09. The molecule has 0 saturated heterocycles. The van der Waals surface area contributed by atoms with Crippen molar-refractivity contribution in [3.63, 3.8) is 0 Å². The van der Waals surface area contributed by atoms with Crippen LogP contribution in [-0.2, 0) is 10.0 Å². The van der Waals surface area contributed by atoms with Gasteiger partial charge in [0.1, 0.15) is 5.82 Å². The van der Waals surface area contributed by atoms with Crippen molar-refractivity contribution in [3.8, 4) is 0 Å². The van der Waals surface area contributed by atoms with Crippen LogP contribution in [0.5, 0.6) is 0 Å². The summed E-state index contributed by atoms with van der Waals surface area (Å²) in [6.45, 7) is 0. The number of hydrogen-bond acceptors (Lipinski definition) is 2. The zero-order valence-electron chi connectivity index (χ0n) is 10.1. The van der Waals surface area contributed by atoms with Gasteiger partial charge in [-0.25, -0.2) is 16.8 Å². The van der Waals surface area contributed by atoms with Gasteiger partial charge in [-0.2, -0.15) is 0 Å². The summed E-state index contributed by atoms with van der Waals surface area (Å²) in [4.78, 5) is 0.208. The van der Waals surface area contributed by atoms with Crippen molar-refractivity contribution in [1.82, 2.24) is 3.97 Å². The maximum absolute atomic E-state index is 13.2. The van der Waals surface area contributed by atoms with Crippen LogP contribution >= 0.6 is 22.6 Å². The summed E-state index contributed by atoms with van der Waals surface area (Å²) in [5.41, 5.74) is 0.472. The van der Waals surface area contributed by atoms with Gasteiger partial charge in [0.15, 0.2) is 0 Å². The van der Waals surface area contributed by atoms with E-state index in [4.69, 9.17) is 0 Å². The monoisotopic (exact) mass is 401 g/mol. The average Bonchev–Trinajstić information content (AvgIpc) is 2.75. The maximum Gasteiger partial charge on any atom is 0.269 e. The van der Waals surface area contributed by atoms with Crippen molar-refractivity contribution >= 4 is 43.5 Å². The van der Waals surface area contributed by atoms with E-state index in [1.165, 1.54) is 22.2 Å². The molecule has 0 unspecified atom stereocenters. The molecular formula is C14H9FINO2S. The molecule has 0 radical (unpaired) electrons. The molecule has 3 nitrogen and oxygen atoms in total. The van der Waals surface area contributed by atoms with E-state index >= 15 is 0 Å². The zero-order chi connectivity index (χ0) is 14.3. The second-order valence-corrected chi connectivity index (χ2v) is 7.14. The van der Waals surface area contributed by atoms with Crippen LogP contribution in [0.15, 0.2) is 59.5 Å². The minimum Gasteiger partial charge on any atom is -0.228 e.